The summed E-state index contributed by atoms with van der Waals surface area (Å²) in [5.41, 5.74) is 1.01. The van der Waals surface area contributed by atoms with E-state index in [1.165, 1.54) is 12.4 Å². The number of benzene rings is 1. The first-order valence-electron chi connectivity index (χ1n) is 7.55. The molecule has 1 aromatic heterocycles. The first-order chi connectivity index (χ1) is 11.5. The van der Waals surface area contributed by atoms with Gasteiger partial charge in [-0.15, -0.1) is 0 Å². The molecule has 0 spiro atoms. The molecule has 24 heavy (non-hydrogen) atoms. The summed E-state index contributed by atoms with van der Waals surface area (Å²) in [5.74, 6) is 0.417. The smallest absolute Gasteiger partial charge is 0.274 e. The third kappa shape index (κ3) is 3.95. The highest BCUT2D eigenvalue weighted by molar-refractivity contribution is 6.36. The molecule has 1 aromatic carbocycles. The molecule has 1 N–H and O–H groups in total. The Labute approximate surface area is 150 Å². The summed E-state index contributed by atoms with van der Waals surface area (Å²) in [4.78, 5) is 24.9. The zero-order valence-electron chi connectivity index (χ0n) is 13.2. The fraction of sp³-hybridized carbons (Fsp3) is 0.312. The van der Waals surface area contributed by atoms with Crippen molar-refractivity contribution in [3.05, 3.63) is 46.3 Å². The van der Waals surface area contributed by atoms with Crippen LogP contribution >= 0.6 is 23.2 Å². The van der Waals surface area contributed by atoms with Crippen molar-refractivity contribution in [1.82, 2.24) is 19.8 Å². The highest BCUT2D eigenvalue weighted by Gasteiger charge is 2.21. The Morgan fingerprint density at radius 3 is 2.50 bits per heavy atom. The van der Waals surface area contributed by atoms with Gasteiger partial charge in [-0.2, -0.15) is 0 Å². The Balaban J connectivity index is 1.68. The van der Waals surface area contributed by atoms with Gasteiger partial charge in [0.15, 0.2) is 0 Å². The van der Waals surface area contributed by atoms with Crippen LogP contribution in [-0.2, 0) is 0 Å². The molecular formula is C16H17Cl2N5O. The molecular weight excluding hydrogens is 349 g/mol. The quantitative estimate of drug-likeness (QED) is 0.905. The molecule has 0 radical (unpaired) electrons. The predicted octanol–water partition coefficient (Wildman–Crippen LogP) is 2.91. The Hall–Kier alpha value is -1.89. The highest BCUT2D eigenvalue weighted by atomic mass is 35.5. The Morgan fingerprint density at radius 1 is 1.12 bits per heavy atom. The second-order valence-corrected chi connectivity index (χ2v) is 6.48. The van der Waals surface area contributed by atoms with Gasteiger partial charge in [-0.3, -0.25) is 4.79 Å². The van der Waals surface area contributed by atoms with E-state index in [2.05, 4.69) is 20.2 Å². The Bertz CT molecular complexity index is 730. The first-order valence-corrected chi connectivity index (χ1v) is 8.30. The molecule has 2 aromatic rings. The van der Waals surface area contributed by atoms with Gasteiger partial charge in [0.2, 0.25) is 0 Å². The molecule has 6 nitrogen and oxygen atoms in total. The van der Waals surface area contributed by atoms with Crippen LogP contribution in [0.25, 0.3) is 0 Å². The van der Waals surface area contributed by atoms with Crippen molar-refractivity contribution in [2.45, 2.75) is 0 Å². The summed E-state index contributed by atoms with van der Waals surface area (Å²) in [6, 6.07) is 5.13. The molecule has 0 aliphatic carbocycles. The average Bonchev–Trinajstić information content (AvgIpc) is 2.58. The maximum absolute atomic E-state index is 12.4. The predicted molar refractivity (Wildman–Crippen MR) is 95.2 cm³/mol. The number of carbonyl (C=O) groups excluding carboxylic acids is 1. The topological polar surface area (TPSA) is 61.4 Å². The number of piperazine rings is 1. The third-order valence-electron chi connectivity index (χ3n) is 3.86. The second-order valence-electron chi connectivity index (χ2n) is 5.63. The summed E-state index contributed by atoms with van der Waals surface area (Å²) in [7, 11) is 2.05. The van der Waals surface area contributed by atoms with Gasteiger partial charge in [0, 0.05) is 31.2 Å². The molecule has 126 valence electrons. The van der Waals surface area contributed by atoms with Crippen LogP contribution in [0.2, 0.25) is 10.0 Å². The number of hydrogen-bond acceptors (Lipinski definition) is 5. The molecule has 0 unspecified atom stereocenters. The van der Waals surface area contributed by atoms with E-state index in [4.69, 9.17) is 23.2 Å². The minimum Gasteiger partial charge on any atom is -0.338 e. The minimum atomic E-state index is -0.0910. The second kappa shape index (κ2) is 7.34. The number of nitrogens with zero attached hydrogens (tertiary/aromatic N) is 4. The summed E-state index contributed by atoms with van der Waals surface area (Å²) in [5, 5.41) is 4.10. The van der Waals surface area contributed by atoms with Crippen LogP contribution in [-0.4, -0.2) is 58.9 Å². The number of rotatable bonds is 3. The van der Waals surface area contributed by atoms with Gasteiger partial charge < -0.3 is 15.1 Å². The van der Waals surface area contributed by atoms with Crippen molar-refractivity contribution in [2.75, 3.05) is 38.5 Å². The standard InChI is InChI=1S/C16H17Cl2N5O/c1-22-4-6-23(7-5-22)16(24)14-9-20-15(10-19-14)21-13-3-2-11(17)8-12(13)18/h2-3,8-10H,4-7H2,1H3,(H,20,21). The van der Waals surface area contributed by atoms with E-state index in [1.54, 1.807) is 23.1 Å². The average molecular weight is 366 g/mol. The molecule has 2 heterocycles. The van der Waals surface area contributed by atoms with Gasteiger partial charge >= 0.3 is 0 Å². The number of aromatic nitrogens is 2. The Morgan fingerprint density at radius 2 is 1.88 bits per heavy atom. The van der Waals surface area contributed by atoms with Crippen molar-refractivity contribution in [3.8, 4) is 0 Å². The van der Waals surface area contributed by atoms with Crippen LogP contribution in [0.15, 0.2) is 30.6 Å². The van der Waals surface area contributed by atoms with Crippen LogP contribution in [0.5, 0.6) is 0 Å². The van der Waals surface area contributed by atoms with Crippen LogP contribution in [0.4, 0.5) is 11.5 Å². The highest BCUT2D eigenvalue weighted by Crippen LogP contribution is 2.27. The van der Waals surface area contributed by atoms with Gasteiger partial charge in [-0.1, -0.05) is 23.2 Å². The molecule has 0 atom stereocenters. The van der Waals surface area contributed by atoms with Crippen molar-refractivity contribution < 1.29 is 4.79 Å². The lowest BCUT2D eigenvalue weighted by atomic mass is 10.3. The van der Waals surface area contributed by atoms with E-state index in [-0.39, 0.29) is 5.91 Å². The van der Waals surface area contributed by atoms with Crippen molar-refractivity contribution in [3.63, 3.8) is 0 Å². The summed E-state index contributed by atoms with van der Waals surface area (Å²) >= 11 is 12.0. The van der Waals surface area contributed by atoms with Crippen molar-refractivity contribution >= 4 is 40.6 Å². The van der Waals surface area contributed by atoms with Crippen LogP contribution in [0.1, 0.15) is 10.5 Å². The van der Waals surface area contributed by atoms with E-state index in [0.717, 1.165) is 13.1 Å². The third-order valence-corrected chi connectivity index (χ3v) is 4.40. The first kappa shape index (κ1) is 17.0. The molecule has 1 fully saturated rings. The molecule has 8 heteroatoms. The van der Waals surface area contributed by atoms with Crippen LogP contribution in [0.3, 0.4) is 0 Å². The zero-order chi connectivity index (χ0) is 17.1. The zero-order valence-corrected chi connectivity index (χ0v) is 14.7. The molecule has 1 saturated heterocycles. The van der Waals surface area contributed by atoms with E-state index < -0.39 is 0 Å². The number of anilines is 2. The normalized spacial score (nSPS) is 15.4. The fourth-order valence-electron chi connectivity index (χ4n) is 2.40. The van der Waals surface area contributed by atoms with Gasteiger partial charge in [0.05, 0.1) is 23.1 Å². The van der Waals surface area contributed by atoms with E-state index in [1.807, 2.05) is 7.05 Å². The number of halogens is 2. The fourth-order valence-corrected chi connectivity index (χ4v) is 2.86. The summed E-state index contributed by atoms with van der Waals surface area (Å²) in [6.45, 7) is 3.15. The van der Waals surface area contributed by atoms with E-state index >= 15 is 0 Å². The van der Waals surface area contributed by atoms with E-state index in [9.17, 15) is 4.79 Å². The largest absolute Gasteiger partial charge is 0.338 e. The Kier molecular flexibility index (Phi) is 5.18. The van der Waals surface area contributed by atoms with Gasteiger partial charge in [-0.25, -0.2) is 9.97 Å². The molecule has 1 aliphatic rings. The lowest BCUT2D eigenvalue weighted by Crippen LogP contribution is -2.47. The minimum absolute atomic E-state index is 0.0910. The van der Waals surface area contributed by atoms with Gasteiger partial charge in [-0.05, 0) is 25.2 Å². The maximum atomic E-state index is 12.4. The molecule has 0 bridgehead atoms. The SMILES string of the molecule is CN1CCN(C(=O)c2cnc(Nc3ccc(Cl)cc3Cl)cn2)CC1. The van der Waals surface area contributed by atoms with Crippen LogP contribution < -0.4 is 5.32 Å². The number of amides is 1. The maximum Gasteiger partial charge on any atom is 0.274 e. The van der Waals surface area contributed by atoms with Gasteiger partial charge in [0.25, 0.3) is 5.91 Å². The van der Waals surface area contributed by atoms with E-state index in [0.29, 0.717) is 40.3 Å². The summed E-state index contributed by atoms with van der Waals surface area (Å²) in [6.07, 6.45) is 3.00. The lowest BCUT2D eigenvalue weighted by molar-refractivity contribution is 0.0658. The lowest BCUT2D eigenvalue weighted by Gasteiger charge is -2.32. The molecule has 1 aliphatic heterocycles. The molecule has 0 saturated carbocycles. The van der Waals surface area contributed by atoms with Crippen molar-refractivity contribution in [1.29, 1.82) is 0 Å². The van der Waals surface area contributed by atoms with Crippen molar-refractivity contribution in [2.24, 2.45) is 0 Å². The molecule has 3 rings (SSSR count). The number of carbonyl (C=O) groups is 1. The van der Waals surface area contributed by atoms with Gasteiger partial charge in [0.1, 0.15) is 11.5 Å². The number of likely N-dealkylation sites (N-methyl/N-ethyl adjacent to an activating group) is 1. The van der Waals surface area contributed by atoms with Crippen LogP contribution in [0, 0.1) is 0 Å². The number of hydrogen-bond donors (Lipinski definition) is 1. The number of nitrogens with one attached hydrogen (secondary N) is 1. The summed E-state index contributed by atoms with van der Waals surface area (Å²) < 4.78 is 0. The molecule has 1 amide bonds. The monoisotopic (exact) mass is 365 g/mol.